The highest BCUT2D eigenvalue weighted by Crippen LogP contribution is 2.23. The number of rotatable bonds is 3. The maximum Gasteiger partial charge on any atom is 0.341 e. The molecule has 1 aromatic heterocycles. The minimum Gasteiger partial charge on any atom is -0.478 e. The molecule has 0 radical (unpaired) electrons. The van der Waals surface area contributed by atoms with Gasteiger partial charge in [0.05, 0.1) is 11.1 Å². The van der Waals surface area contributed by atoms with Gasteiger partial charge in [0.1, 0.15) is 5.60 Å². The first-order chi connectivity index (χ1) is 12.0. The number of carbonyl (C=O) groups is 3. The van der Waals surface area contributed by atoms with E-state index in [0.717, 1.165) is 6.07 Å². The van der Waals surface area contributed by atoms with Crippen molar-refractivity contribution in [2.45, 2.75) is 52.2 Å². The Kier molecular flexibility index (Phi) is 5.53. The first-order valence-electron chi connectivity index (χ1n) is 8.48. The highest BCUT2D eigenvalue weighted by atomic mass is 16.6. The lowest BCUT2D eigenvalue weighted by Gasteiger charge is -2.32. The number of aromatic nitrogens is 1. The van der Waals surface area contributed by atoms with Crippen molar-refractivity contribution in [2.75, 3.05) is 13.1 Å². The molecule has 142 valence electrons. The van der Waals surface area contributed by atoms with E-state index in [1.54, 1.807) is 25.7 Å². The molecule has 0 aliphatic carbocycles. The van der Waals surface area contributed by atoms with Crippen LogP contribution in [0.4, 0.5) is 0 Å². The Labute approximate surface area is 151 Å². The fraction of sp³-hybridized carbons (Fsp3) is 0.556. The smallest absolute Gasteiger partial charge is 0.341 e. The van der Waals surface area contributed by atoms with Gasteiger partial charge in [-0.15, -0.1) is 0 Å². The van der Waals surface area contributed by atoms with Crippen LogP contribution in [-0.4, -0.2) is 51.1 Å². The molecular formula is C18H24N2O6. The van der Waals surface area contributed by atoms with Crippen LogP contribution in [0.1, 0.15) is 67.3 Å². The van der Waals surface area contributed by atoms with Gasteiger partial charge >= 0.3 is 11.9 Å². The van der Waals surface area contributed by atoms with Gasteiger partial charge in [-0.25, -0.2) is 9.59 Å². The zero-order valence-corrected chi connectivity index (χ0v) is 15.4. The van der Waals surface area contributed by atoms with Crippen LogP contribution in [0.2, 0.25) is 0 Å². The number of pyridine rings is 1. The summed E-state index contributed by atoms with van der Waals surface area (Å²) in [6.45, 7) is 7.55. The highest BCUT2D eigenvalue weighted by Gasteiger charge is 2.28. The van der Waals surface area contributed by atoms with E-state index in [-0.39, 0.29) is 23.1 Å². The monoisotopic (exact) mass is 364 g/mol. The lowest BCUT2D eigenvalue weighted by Crippen LogP contribution is -2.40. The van der Waals surface area contributed by atoms with Crippen LogP contribution < -0.4 is 5.56 Å². The fourth-order valence-electron chi connectivity index (χ4n) is 2.96. The first-order valence-corrected chi connectivity index (χ1v) is 8.48. The summed E-state index contributed by atoms with van der Waals surface area (Å²) >= 11 is 0. The Morgan fingerprint density at radius 1 is 1.15 bits per heavy atom. The summed E-state index contributed by atoms with van der Waals surface area (Å²) in [5.74, 6) is -2.17. The summed E-state index contributed by atoms with van der Waals surface area (Å²) in [6, 6.07) is 0.751. The number of nitrogens with zero attached hydrogens (tertiary/aromatic N) is 2. The first kappa shape index (κ1) is 19.7. The molecule has 8 heteroatoms. The van der Waals surface area contributed by atoms with Crippen LogP contribution in [0.15, 0.2) is 17.1 Å². The van der Waals surface area contributed by atoms with E-state index in [9.17, 15) is 24.3 Å². The Balaban J connectivity index is 2.38. The zero-order valence-electron chi connectivity index (χ0n) is 15.4. The van der Waals surface area contributed by atoms with Crippen molar-refractivity contribution in [3.63, 3.8) is 0 Å². The highest BCUT2D eigenvalue weighted by molar-refractivity contribution is 6.02. The molecule has 1 aliphatic rings. The van der Waals surface area contributed by atoms with Crippen molar-refractivity contribution in [3.05, 3.63) is 33.7 Å². The number of carboxylic acids is 1. The topological polar surface area (TPSA) is 106 Å². The third-order valence-electron chi connectivity index (χ3n) is 4.23. The van der Waals surface area contributed by atoms with E-state index < -0.39 is 23.1 Å². The van der Waals surface area contributed by atoms with Gasteiger partial charge < -0.3 is 19.3 Å². The molecule has 2 heterocycles. The maximum atomic E-state index is 12.4. The van der Waals surface area contributed by atoms with E-state index in [1.807, 2.05) is 0 Å². The SMILES string of the molecule is CC(=O)N1CCC(n2cc(C(=O)OC(C)(C)C)c(C(=O)O)cc2=O)CC1. The average Bonchev–Trinajstić information content (AvgIpc) is 2.52. The van der Waals surface area contributed by atoms with E-state index in [2.05, 4.69) is 0 Å². The number of carboxylic acid groups (broad SMARTS) is 1. The lowest BCUT2D eigenvalue weighted by atomic mass is 10.0. The Morgan fingerprint density at radius 3 is 2.19 bits per heavy atom. The van der Waals surface area contributed by atoms with E-state index in [4.69, 9.17) is 4.74 Å². The lowest BCUT2D eigenvalue weighted by molar-refractivity contribution is -0.130. The molecular weight excluding hydrogens is 340 g/mol. The third kappa shape index (κ3) is 4.50. The molecule has 0 bridgehead atoms. The number of amides is 1. The summed E-state index contributed by atoms with van der Waals surface area (Å²) < 4.78 is 6.65. The van der Waals surface area contributed by atoms with E-state index in [1.165, 1.54) is 17.7 Å². The second-order valence-electron chi connectivity index (χ2n) is 7.39. The van der Waals surface area contributed by atoms with Crippen molar-refractivity contribution in [1.82, 2.24) is 9.47 Å². The summed E-state index contributed by atoms with van der Waals surface area (Å²) in [7, 11) is 0. The third-order valence-corrected chi connectivity index (χ3v) is 4.23. The summed E-state index contributed by atoms with van der Waals surface area (Å²) in [4.78, 5) is 49.4. The maximum absolute atomic E-state index is 12.4. The minimum absolute atomic E-state index is 0.0218. The van der Waals surface area contributed by atoms with Crippen LogP contribution >= 0.6 is 0 Å². The van der Waals surface area contributed by atoms with Gasteiger partial charge in [-0.1, -0.05) is 0 Å². The molecule has 26 heavy (non-hydrogen) atoms. The van der Waals surface area contributed by atoms with Gasteiger partial charge in [0.15, 0.2) is 0 Å². The number of aromatic carboxylic acids is 1. The molecule has 0 saturated carbocycles. The Hall–Kier alpha value is -2.64. The largest absolute Gasteiger partial charge is 0.478 e. The second-order valence-corrected chi connectivity index (χ2v) is 7.39. The standard InChI is InChI=1S/C18H24N2O6/c1-11(21)19-7-5-12(6-8-19)20-10-14(17(25)26-18(2,3)4)13(16(23)24)9-15(20)22/h9-10,12H,5-8H2,1-4H3,(H,23,24). The second kappa shape index (κ2) is 7.31. The molecule has 0 spiro atoms. The molecule has 1 amide bonds. The van der Waals surface area contributed by atoms with Gasteiger partial charge in [0.2, 0.25) is 5.91 Å². The summed E-state index contributed by atoms with van der Waals surface area (Å²) in [5, 5.41) is 9.33. The normalized spacial score (nSPS) is 15.6. The van der Waals surface area contributed by atoms with E-state index in [0.29, 0.717) is 25.9 Å². The molecule has 0 atom stereocenters. The van der Waals surface area contributed by atoms with Crippen molar-refractivity contribution in [2.24, 2.45) is 0 Å². The molecule has 0 unspecified atom stereocenters. The van der Waals surface area contributed by atoms with Crippen LogP contribution in [0, 0.1) is 0 Å². The van der Waals surface area contributed by atoms with E-state index >= 15 is 0 Å². The molecule has 1 aromatic rings. The van der Waals surface area contributed by atoms with Crippen LogP contribution in [0.25, 0.3) is 0 Å². The van der Waals surface area contributed by atoms with Gasteiger partial charge in [-0.2, -0.15) is 0 Å². The van der Waals surface area contributed by atoms with Gasteiger partial charge in [-0.3, -0.25) is 9.59 Å². The minimum atomic E-state index is -1.36. The van der Waals surface area contributed by atoms with Crippen molar-refractivity contribution in [1.29, 1.82) is 0 Å². The van der Waals surface area contributed by atoms with Crippen molar-refractivity contribution in [3.8, 4) is 0 Å². The summed E-state index contributed by atoms with van der Waals surface area (Å²) in [5.41, 5.74) is -1.81. The number of carbonyl (C=O) groups excluding carboxylic acids is 2. The van der Waals surface area contributed by atoms with Gasteiger partial charge in [0, 0.05) is 38.3 Å². The van der Waals surface area contributed by atoms with Gasteiger partial charge in [-0.05, 0) is 33.6 Å². The molecule has 1 N–H and O–H groups in total. The fourth-order valence-corrected chi connectivity index (χ4v) is 2.96. The molecule has 1 fully saturated rings. The average molecular weight is 364 g/mol. The number of piperidine rings is 1. The van der Waals surface area contributed by atoms with Crippen LogP contribution in [0.3, 0.4) is 0 Å². The number of likely N-dealkylation sites (tertiary alicyclic amines) is 1. The zero-order chi connectivity index (χ0) is 19.6. The molecule has 0 aromatic carbocycles. The number of ether oxygens (including phenoxy) is 1. The Morgan fingerprint density at radius 2 is 1.73 bits per heavy atom. The van der Waals surface area contributed by atoms with Gasteiger partial charge in [0.25, 0.3) is 5.56 Å². The number of hydrogen-bond acceptors (Lipinski definition) is 5. The predicted molar refractivity (Wildman–Crippen MR) is 93.4 cm³/mol. The number of esters is 1. The van der Waals surface area contributed by atoms with Crippen molar-refractivity contribution >= 4 is 17.8 Å². The van der Waals surface area contributed by atoms with Crippen molar-refractivity contribution < 1.29 is 24.2 Å². The van der Waals surface area contributed by atoms with Crippen LogP contribution in [-0.2, 0) is 9.53 Å². The number of hydrogen-bond donors (Lipinski definition) is 1. The molecule has 8 nitrogen and oxygen atoms in total. The summed E-state index contributed by atoms with van der Waals surface area (Å²) in [6.07, 6.45) is 2.38. The van der Waals surface area contributed by atoms with Crippen LogP contribution in [0.5, 0.6) is 0 Å². The molecule has 1 saturated heterocycles. The Bertz CT molecular complexity index is 782. The quantitative estimate of drug-likeness (QED) is 0.818. The predicted octanol–water partition coefficient (Wildman–Crippen LogP) is 1.69. The molecule has 1 aliphatic heterocycles. The molecule has 2 rings (SSSR count).